The molecular weight excluding hydrogens is 248 g/mol. The van der Waals surface area contributed by atoms with Crippen LogP contribution in [0.5, 0.6) is 0 Å². The van der Waals surface area contributed by atoms with Crippen molar-refractivity contribution < 1.29 is 14.4 Å². The minimum Gasteiger partial charge on any atom is -0.326 e. The van der Waals surface area contributed by atoms with Crippen molar-refractivity contribution in [1.29, 1.82) is 5.26 Å². The summed E-state index contributed by atoms with van der Waals surface area (Å²) in [7, 11) is 0. The molecule has 19 heavy (non-hydrogen) atoms. The second-order valence-electron chi connectivity index (χ2n) is 3.96. The van der Waals surface area contributed by atoms with Gasteiger partial charge in [-0.1, -0.05) is 6.07 Å². The first-order valence-electron chi connectivity index (χ1n) is 5.50. The van der Waals surface area contributed by atoms with E-state index in [2.05, 4.69) is 10.6 Å². The van der Waals surface area contributed by atoms with Crippen LogP contribution in [-0.2, 0) is 9.59 Å². The summed E-state index contributed by atoms with van der Waals surface area (Å²) >= 11 is 0. The van der Waals surface area contributed by atoms with Gasteiger partial charge in [0.15, 0.2) is 0 Å². The summed E-state index contributed by atoms with van der Waals surface area (Å²) < 4.78 is 0. The lowest BCUT2D eigenvalue weighted by molar-refractivity contribution is -0.124. The normalized spacial score (nSPS) is 17.3. The Morgan fingerprint density at radius 3 is 2.84 bits per heavy atom. The summed E-state index contributed by atoms with van der Waals surface area (Å²) in [6, 6.07) is 6.90. The van der Waals surface area contributed by atoms with Gasteiger partial charge < -0.3 is 10.6 Å². The summed E-state index contributed by atoms with van der Waals surface area (Å²) in [4.78, 5) is 33.8. The molecule has 1 aliphatic rings. The number of nitriles is 1. The first-order chi connectivity index (χ1) is 9.08. The van der Waals surface area contributed by atoms with E-state index >= 15 is 0 Å². The number of benzene rings is 1. The van der Waals surface area contributed by atoms with Crippen molar-refractivity contribution >= 4 is 23.5 Å². The van der Waals surface area contributed by atoms with Crippen LogP contribution in [0.3, 0.4) is 0 Å². The quantitative estimate of drug-likeness (QED) is 0.667. The number of amides is 4. The molecule has 0 spiro atoms. The molecule has 1 fully saturated rings. The number of hydrogen-bond donors (Lipinski definition) is 3. The van der Waals surface area contributed by atoms with E-state index in [1.165, 1.54) is 6.07 Å². The fourth-order valence-electron chi connectivity index (χ4n) is 1.67. The van der Waals surface area contributed by atoms with Crippen molar-refractivity contribution in [3.8, 4) is 6.07 Å². The van der Waals surface area contributed by atoms with Crippen molar-refractivity contribution in [1.82, 2.24) is 10.6 Å². The second-order valence-corrected chi connectivity index (χ2v) is 3.96. The average Bonchev–Trinajstić information content (AvgIpc) is 2.68. The molecule has 0 bridgehead atoms. The largest absolute Gasteiger partial charge is 0.326 e. The number of carbonyl (C=O) groups is 3. The zero-order valence-electron chi connectivity index (χ0n) is 9.77. The molecule has 4 amide bonds. The first-order valence-corrected chi connectivity index (χ1v) is 5.50. The predicted molar refractivity (Wildman–Crippen MR) is 64.9 cm³/mol. The molecule has 1 aromatic carbocycles. The molecule has 0 aliphatic carbocycles. The molecule has 1 aliphatic heterocycles. The summed E-state index contributed by atoms with van der Waals surface area (Å²) in [5, 5.41) is 15.7. The fraction of sp³-hybridized carbons (Fsp3) is 0.167. The highest BCUT2D eigenvalue weighted by atomic mass is 16.2. The Labute approximate surface area is 108 Å². The van der Waals surface area contributed by atoms with Crippen LogP contribution in [0.4, 0.5) is 10.5 Å². The third kappa shape index (κ3) is 3.07. The minimum absolute atomic E-state index is 0.158. The summed E-state index contributed by atoms with van der Waals surface area (Å²) in [6.07, 6.45) is -0.158. The molecule has 96 valence electrons. The second kappa shape index (κ2) is 5.18. The van der Waals surface area contributed by atoms with Gasteiger partial charge in [-0.25, -0.2) is 4.79 Å². The van der Waals surface area contributed by atoms with Crippen LogP contribution in [-0.4, -0.2) is 23.9 Å². The Morgan fingerprint density at radius 1 is 1.42 bits per heavy atom. The zero-order valence-corrected chi connectivity index (χ0v) is 9.77. The van der Waals surface area contributed by atoms with Gasteiger partial charge in [0.2, 0.25) is 5.91 Å². The molecule has 0 saturated carbocycles. The van der Waals surface area contributed by atoms with Crippen LogP contribution in [0.2, 0.25) is 0 Å². The van der Waals surface area contributed by atoms with Crippen LogP contribution in [0.15, 0.2) is 24.3 Å². The van der Waals surface area contributed by atoms with E-state index in [0.717, 1.165) is 0 Å². The SMILES string of the molecule is N#Cc1cccc(NC(=O)CC2NC(=O)NC2=O)c1. The topological polar surface area (TPSA) is 111 Å². The van der Waals surface area contributed by atoms with Gasteiger partial charge in [-0.05, 0) is 18.2 Å². The highest BCUT2D eigenvalue weighted by Crippen LogP contribution is 2.11. The summed E-state index contributed by atoms with van der Waals surface area (Å²) in [5.74, 6) is -0.941. The third-order valence-corrected chi connectivity index (χ3v) is 2.52. The minimum atomic E-state index is -0.855. The Morgan fingerprint density at radius 2 is 2.21 bits per heavy atom. The number of imide groups is 1. The van der Waals surface area contributed by atoms with Crippen LogP contribution >= 0.6 is 0 Å². The van der Waals surface area contributed by atoms with Gasteiger partial charge in [-0.15, -0.1) is 0 Å². The number of hydrogen-bond acceptors (Lipinski definition) is 4. The maximum Gasteiger partial charge on any atom is 0.322 e. The van der Waals surface area contributed by atoms with Crippen molar-refractivity contribution in [3.63, 3.8) is 0 Å². The standard InChI is InChI=1S/C12H10N4O3/c13-6-7-2-1-3-8(4-7)14-10(17)5-9-11(18)16-12(19)15-9/h1-4,9H,5H2,(H,14,17)(H2,15,16,18,19). The molecule has 1 heterocycles. The Hall–Kier alpha value is -2.88. The lowest BCUT2D eigenvalue weighted by Crippen LogP contribution is -2.33. The molecular formula is C12H10N4O3. The third-order valence-electron chi connectivity index (χ3n) is 2.52. The van der Waals surface area contributed by atoms with Crippen molar-refractivity contribution in [2.24, 2.45) is 0 Å². The number of carbonyl (C=O) groups excluding carboxylic acids is 3. The number of urea groups is 1. The van der Waals surface area contributed by atoms with Gasteiger partial charge in [-0.2, -0.15) is 5.26 Å². The van der Waals surface area contributed by atoms with Crippen molar-refractivity contribution in [3.05, 3.63) is 29.8 Å². The zero-order chi connectivity index (χ0) is 13.8. The highest BCUT2D eigenvalue weighted by molar-refractivity contribution is 6.06. The lowest BCUT2D eigenvalue weighted by atomic mass is 10.2. The van der Waals surface area contributed by atoms with Gasteiger partial charge in [0.1, 0.15) is 6.04 Å². The van der Waals surface area contributed by atoms with Gasteiger partial charge >= 0.3 is 6.03 Å². The number of rotatable bonds is 3. The predicted octanol–water partition coefficient (Wildman–Crippen LogP) is 0.0949. The van der Waals surface area contributed by atoms with Crippen LogP contribution < -0.4 is 16.0 Å². The molecule has 1 atom stereocenters. The average molecular weight is 258 g/mol. The van der Waals surface area contributed by atoms with Gasteiger partial charge in [0, 0.05) is 5.69 Å². The van der Waals surface area contributed by atoms with Gasteiger partial charge in [0.25, 0.3) is 5.91 Å². The molecule has 0 aromatic heterocycles. The van der Waals surface area contributed by atoms with Crippen LogP contribution in [0, 0.1) is 11.3 Å². The molecule has 7 nitrogen and oxygen atoms in total. The van der Waals surface area contributed by atoms with E-state index in [9.17, 15) is 14.4 Å². The molecule has 2 rings (SSSR count). The van der Waals surface area contributed by atoms with Gasteiger partial charge in [-0.3, -0.25) is 14.9 Å². The van der Waals surface area contributed by atoms with E-state index in [1.807, 2.05) is 11.4 Å². The number of nitrogens with one attached hydrogen (secondary N) is 3. The van der Waals surface area contributed by atoms with E-state index in [0.29, 0.717) is 11.3 Å². The Bertz CT molecular complexity index is 591. The Balaban J connectivity index is 1.96. The van der Waals surface area contributed by atoms with Crippen LogP contribution in [0.25, 0.3) is 0 Å². The maximum absolute atomic E-state index is 11.7. The maximum atomic E-state index is 11.7. The van der Waals surface area contributed by atoms with E-state index in [1.54, 1.807) is 18.2 Å². The van der Waals surface area contributed by atoms with Gasteiger partial charge in [0.05, 0.1) is 18.1 Å². The van der Waals surface area contributed by atoms with E-state index in [4.69, 9.17) is 5.26 Å². The molecule has 1 saturated heterocycles. The smallest absolute Gasteiger partial charge is 0.322 e. The summed E-state index contributed by atoms with van der Waals surface area (Å²) in [6.45, 7) is 0. The van der Waals surface area contributed by atoms with Crippen molar-refractivity contribution in [2.75, 3.05) is 5.32 Å². The monoisotopic (exact) mass is 258 g/mol. The summed E-state index contributed by atoms with van der Waals surface area (Å²) in [5.41, 5.74) is 0.887. The van der Waals surface area contributed by atoms with Crippen molar-refractivity contribution in [2.45, 2.75) is 12.5 Å². The number of nitrogens with zero attached hydrogens (tertiary/aromatic N) is 1. The number of anilines is 1. The highest BCUT2D eigenvalue weighted by Gasteiger charge is 2.31. The van der Waals surface area contributed by atoms with Crippen LogP contribution in [0.1, 0.15) is 12.0 Å². The molecule has 7 heteroatoms. The molecule has 1 unspecified atom stereocenters. The van der Waals surface area contributed by atoms with E-state index in [-0.39, 0.29) is 6.42 Å². The van der Waals surface area contributed by atoms with E-state index < -0.39 is 23.9 Å². The molecule has 1 aromatic rings. The lowest BCUT2D eigenvalue weighted by Gasteiger charge is -2.08. The Kier molecular flexibility index (Phi) is 3.43. The molecule has 3 N–H and O–H groups in total. The fourth-order valence-corrected chi connectivity index (χ4v) is 1.67. The molecule has 0 radical (unpaired) electrons. The first kappa shape index (κ1) is 12.6.